The fourth-order valence-corrected chi connectivity index (χ4v) is 4.39. The maximum Gasteiger partial charge on any atom is 0.419 e. The van der Waals surface area contributed by atoms with Gasteiger partial charge in [0.05, 0.1) is 11.3 Å². The van der Waals surface area contributed by atoms with Crippen LogP contribution in [-0.2, 0) is 17.3 Å². The molecule has 0 saturated carbocycles. The van der Waals surface area contributed by atoms with Crippen LogP contribution in [0.15, 0.2) is 79.0 Å². The van der Waals surface area contributed by atoms with E-state index in [1.807, 2.05) is 0 Å². The third-order valence-corrected chi connectivity index (χ3v) is 6.38. The first-order valence-corrected chi connectivity index (χ1v) is 11.2. The van der Waals surface area contributed by atoms with Gasteiger partial charge in [0.1, 0.15) is 11.4 Å². The smallest absolute Gasteiger partial charge is 0.384 e. The van der Waals surface area contributed by atoms with E-state index in [2.05, 4.69) is 4.98 Å². The normalized spacial score (nSPS) is 20.7. The second-order valence-corrected chi connectivity index (χ2v) is 9.42. The van der Waals surface area contributed by atoms with Crippen LogP contribution < -0.4 is 0 Å². The zero-order chi connectivity index (χ0) is 26.5. The molecule has 0 fully saturated rings. The predicted molar refractivity (Wildman–Crippen MR) is 124 cm³/mol. The number of alkyl halides is 6. The average molecular weight is 527 g/mol. The zero-order valence-electron chi connectivity index (χ0n) is 19.1. The Kier molecular flexibility index (Phi) is 6.37. The number of hydrogen-bond donors (Lipinski definition) is 1. The lowest BCUT2D eigenvalue weighted by atomic mass is 9.85. The highest BCUT2D eigenvalue weighted by molar-refractivity contribution is 6.31. The summed E-state index contributed by atoms with van der Waals surface area (Å²) in [5, 5.41) is 10.8. The molecule has 1 aliphatic carbocycles. The molecule has 1 aliphatic rings. The van der Waals surface area contributed by atoms with Crippen LogP contribution >= 0.6 is 11.6 Å². The van der Waals surface area contributed by atoms with Crippen LogP contribution in [0, 0.1) is 0 Å². The van der Waals surface area contributed by atoms with Gasteiger partial charge in [0.15, 0.2) is 5.54 Å². The Morgan fingerprint density at radius 1 is 0.917 bits per heavy atom. The van der Waals surface area contributed by atoms with Gasteiger partial charge in [0.2, 0.25) is 0 Å². The summed E-state index contributed by atoms with van der Waals surface area (Å²) in [6.07, 6.45) is -4.49. The lowest BCUT2D eigenvalue weighted by molar-refractivity contribution is -0.182. The molecule has 0 radical (unpaired) electrons. The van der Waals surface area contributed by atoms with Crippen molar-refractivity contribution >= 4 is 11.6 Å². The highest BCUT2D eigenvalue weighted by atomic mass is 35.5. The van der Waals surface area contributed by atoms with Crippen LogP contribution in [-0.4, -0.2) is 20.8 Å². The molecule has 0 saturated heterocycles. The van der Waals surface area contributed by atoms with Crippen molar-refractivity contribution in [1.82, 2.24) is 9.55 Å². The molecule has 10 heteroatoms. The van der Waals surface area contributed by atoms with Crippen molar-refractivity contribution in [3.63, 3.8) is 0 Å². The highest BCUT2D eigenvalue weighted by Gasteiger charge is 2.55. The quantitative estimate of drug-likeness (QED) is 0.280. The summed E-state index contributed by atoms with van der Waals surface area (Å²) in [4.78, 5) is 4.07. The average Bonchev–Trinajstić information content (AvgIpc) is 3.25. The Labute approximate surface area is 208 Å². The maximum absolute atomic E-state index is 14.8. The van der Waals surface area contributed by atoms with Crippen LogP contribution in [0.3, 0.4) is 0 Å². The van der Waals surface area contributed by atoms with Crippen molar-refractivity contribution in [2.45, 2.75) is 43.3 Å². The second kappa shape index (κ2) is 8.81. The first-order valence-electron chi connectivity index (χ1n) is 10.8. The number of benzene rings is 2. The van der Waals surface area contributed by atoms with E-state index in [4.69, 9.17) is 11.6 Å². The van der Waals surface area contributed by atoms with Crippen molar-refractivity contribution in [3.05, 3.63) is 101 Å². The van der Waals surface area contributed by atoms with Gasteiger partial charge in [0, 0.05) is 22.7 Å². The summed E-state index contributed by atoms with van der Waals surface area (Å²) < 4.78 is 86.4. The van der Waals surface area contributed by atoms with Gasteiger partial charge in [-0.2, -0.15) is 26.3 Å². The van der Waals surface area contributed by atoms with Gasteiger partial charge < -0.3 is 9.67 Å². The first kappa shape index (κ1) is 26.0. The van der Waals surface area contributed by atoms with Gasteiger partial charge in [-0.05, 0) is 43.7 Å². The molecule has 0 spiro atoms. The number of halogens is 7. The Bertz CT molecular complexity index is 1320. The number of imidazole rings is 1. The lowest BCUT2D eigenvalue weighted by Gasteiger charge is -2.36. The predicted octanol–water partition coefficient (Wildman–Crippen LogP) is 7.62. The lowest BCUT2D eigenvalue weighted by Crippen LogP contribution is -2.45. The highest BCUT2D eigenvalue weighted by Crippen LogP contribution is 2.47. The number of aromatic nitrogens is 2. The summed E-state index contributed by atoms with van der Waals surface area (Å²) in [6, 6.07) is 10.9. The first-order chi connectivity index (χ1) is 16.6. The van der Waals surface area contributed by atoms with Gasteiger partial charge in [-0.25, -0.2) is 4.98 Å². The summed E-state index contributed by atoms with van der Waals surface area (Å²) in [6.45, 7) is 2.58. The molecule has 1 aromatic heterocycles. The molecule has 0 atom stereocenters. The molecular weight excluding hydrogens is 506 g/mol. The van der Waals surface area contributed by atoms with E-state index < -0.39 is 46.4 Å². The number of allylic oxidation sites excluding steroid dienone is 4. The number of rotatable bonds is 4. The molecule has 0 amide bonds. The minimum atomic E-state index is -4.97. The van der Waals surface area contributed by atoms with Crippen molar-refractivity contribution in [1.29, 1.82) is 0 Å². The molecule has 4 rings (SSSR count). The van der Waals surface area contributed by atoms with E-state index in [0.29, 0.717) is 15.2 Å². The minimum absolute atomic E-state index is 0.215. The van der Waals surface area contributed by atoms with Crippen LogP contribution in [0.1, 0.15) is 36.6 Å². The third kappa shape index (κ3) is 4.57. The monoisotopic (exact) mass is 526 g/mol. The van der Waals surface area contributed by atoms with E-state index in [1.165, 1.54) is 32.1 Å². The van der Waals surface area contributed by atoms with Crippen LogP contribution in [0.2, 0.25) is 5.02 Å². The van der Waals surface area contributed by atoms with E-state index in [9.17, 15) is 31.4 Å². The van der Waals surface area contributed by atoms with E-state index in [1.54, 1.807) is 24.3 Å². The summed E-state index contributed by atoms with van der Waals surface area (Å²) in [5.74, 6) is -1.17. The largest absolute Gasteiger partial charge is 0.419 e. The van der Waals surface area contributed by atoms with Crippen molar-refractivity contribution in [2.24, 2.45) is 0 Å². The van der Waals surface area contributed by atoms with Gasteiger partial charge >= 0.3 is 12.4 Å². The van der Waals surface area contributed by atoms with Gasteiger partial charge in [-0.15, -0.1) is 0 Å². The Morgan fingerprint density at radius 2 is 1.50 bits per heavy atom. The second-order valence-electron chi connectivity index (χ2n) is 9.01. The molecule has 190 valence electrons. The minimum Gasteiger partial charge on any atom is -0.384 e. The van der Waals surface area contributed by atoms with Crippen LogP contribution in [0.5, 0.6) is 0 Å². The Morgan fingerprint density at radius 3 is 2.06 bits per heavy atom. The number of hydrogen-bond acceptors (Lipinski definition) is 2. The number of nitrogens with zero attached hydrogens (tertiary/aromatic N) is 2. The van der Waals surface area contributed by atoms with E-state index in [-0.39, 0.29) is 5.69 Å². The SMILES string of the molecule is CC(C)(O)c1cn(C2(C(F)(F)F)C=CC(c3ccccc3Cl)C=C2)c(-c2ccccc2C(F)(F)F)n1. The standard InChI is InChI=1S/C26H21ClF6N2O/c1-23(2,36)21-15-35(22(34-21)18-8-3-5-9-19(18)25(28,29)30)24(26(31,32)33)13-11-16(12-14-24)17-7-4-6-10-20(17)27/h3-16,36H,1-2H3. The fraction of sp³-hybridized carbons (Fsp3) is 0.269. The van der Waals surface area contributed by atoms with Crippen LogP contribution in [0.4, 0.5) is 26.3 Å². The zero-order valence-corrected chi connectivity index (χ0v) is 19.8. The summed E-state index contributed by atoms with van der Waals surface area (Å²) >= 11 is 6.21. The van der Waals surface area contributed by atoms with Crippen molar-refractivity contribution in [2.75, 3.05) is 0 Å². The molecule has 3 aromatic rings. The van der Waals surface area contributed by atoms with E-state index in [0.717, 1.165) is 36.5 Å². The Hall–Kier alpha value is -3.04. The molecule has 1 N–H and O–H groups in total. The molecular formula is C26H21ClF6N2O. The summed E-state index contributed by atoms with van der Waals surface area (Å²) in [7, 11) is 0. The van der Waals surface area contributed by atoms with Gasteiger partial charge in [-0.1, -0.05) is 60.2 Å². The number of aliphatic hydroxyl groups is 1. The van der Waals surface area contributed by atoms with Crippen molar-refractivity contribution in [3.8, 4) is 11.4 Å². The van der Waals surface area contributed by atoms with Crippen molar-refractivity contribution < 1.29 is 31.4 Å². The molecule has 3 nitrogen and oxygen atoms in total. The molecule has 0 aliphatic heterocycles. The van der Waals surface area contributed by atoms with Crippen LogP contribution in [0.25, 0.3) is 11.4 Å². The van der Waals surface area contributed by atoms with E-state index >= 15 is 0 Å². The molecule has 0 unspecified atom stereocenters. The van der Waals surface area contributed by atoms with Gasteiger partial charge in [-0.3, -0.25) is 0 Å². The Balaban J connectivity index is 1.96. The summed E-state index contributed by atoms with van der Waals surface area (Å²) in [5.41, 5.74) is -5.91. The van der Waals surface area contributed by atoms with Gasteiger partial charge in [0.25, 0.3) is 0 Å². The topological polar surface area (TPSA) is 38.0 Å². The molecule has 1 heterocycles. The third-order valence-electron chi connectivity index (χ3n) is 6.04. The fourth-order valence-electron chi connectivity index (χ4n) is 4.13. The molecule has 2 aromatic carbocycles. The molecule has 36 heavy (non-hydrogen) atoms. The molecule has 0 bridgehead atoms. The maximum atomic E-state index is 14.8.